The number of nitrogens with zero attached hydrogens (tertiary/aromatic N) is 2. The smallest absolute Gasteiger partial charge is 0.218 e. The van der Waals surface area contributed by atoms with Gasteiger partial charge in [0.1, 0.15) is 0 Å². The van der Waals surface area contributed by atoms with Crippen LogP contribution in [-0.4, -0.2) is 72.8 Å². The molecule has 114 valence electrons. The van der Waals surface area contributed by atoms with E-state index in [1.807, 2.05) is 6.92 Å². The zero-order valence-electron chi connectivity index (χ0n) is 12.2. The van der Waals surface area contributed by atoms with Gasteiger partial charge in [-0.3, -0.25) is 4.90 Å². The van der Waals surface area contributed by atoms with Gasteiger partial charge in [0.2, 0.25) is 10.0 Å². The van der Waals surface area contributed by atoms with Gasteiger partial charge in [0.15, 0.2) is 0 Å². The fraction of sp³-hybridized carbons (Fsp3) is 1.00. The molecule has 1 saturated heterocycles. The number of hydrogen-bond acceptors (Lipinski definition) is 5. The Morgan fingerprint density at radius 2 is 1.79 bits per heavy atom. The molecule has 1 rings (SSSR count). The van der Waals surface area contributed by atoms with Crippen molar-refractivity contribution in [1.82, 2.24) is 9.21 Å². The van der Waals surface area contributed by atoms with Crippen LogP contribution >= 0.6 is 0 Å². The summed E-state index contributed by atoms with van der Waals surface area (Å²) in [6.07, 6.45) is 0.544. The average molecular weight is 293 g/mol. The van der Waals surface area contributed by atoms with E-state index in [0.29, 0.717) is 39.1 Å². The second kappa shape index (κ2) is 6.49. The third-order valence-electron chi connectivity index (χ3n) is 3.44. The predicted molar refractivity (Wildman–Crippen MR) is 76.4 cm³/mol. The zero-order valence-corrected chi connectivity index (χ0v) is 13.0. The topological polar surface area (TPSA) is 86.9 Å². The third kappa shape index (κ3) is 4.68. The molecule has 0 bridgehead atoms. The first-order valence-corrected chi connectivity index (χ1v) is 8.34. The van der Waals surface area contributed by atoms with Crippen LogP contribution in [0.15, 0.2) is 0 Å². The highest BCUT2D eigenvalue weighted by atomic mass is 32.2. The number of aliphatic hydroxyl groups is 1. The highest BCUT2D eigenvalue weighted by molar-refractivity contribution is 7.89. The van der Waals surface area contributed by atoms with Crippen LogP contribution in [0.2, 0.25) is 0 Å². The number of β-amino-alcohol motifs (C(OH)–C–C–N with tert-alkyl or cyclic N) is 1. The number of piperazine rings is 1. The lowest BCUT2D eigenvalue weighted by molar-refractivity contribution is 0.0262. The van der Waals surface area contributed by atoms with Crippen molar-refractivity contribution < 1.29 is 13.5 Å². The maximum atomic E-state index is 12.3. The molecule has 1 aliphatic heterocycles. The molecule has 1 aliphatic rings. The molecule has 0 saturated carbocycles. The molecule has 0 amide bonds. The SMILES string of the molecule is CCC(CN)S(=O)(=O)N1CCN(CC(C)(C)O)CC1. The largest absolute Gasteiger partial charge is 0.389 e. The third-order valence-corrected chi connectivity index (χ3v) is 5.89. The Morgan fingerprint density at radius 3 is 2.16 bits per heavy atom. The molecular weight excluding hydrogens is 266 g/mol. The Bertz CT molecular complexity index is 366. The summed E-state index contributed by atoms with van der Waals surface area (Å²) in [6.45, 7) is 8.38. The van der Waals surface area contributed by atoms with E-state index in [1.165, 1.54) is 4.31 Å². The quantitative estimate of drug-likeness (QED) is 0.686. The highest BCUT2D eigenvalue weighted by Gasteiger charge is 2.33. The summed E-state index contributed by atoms with van der Waals surface area (Å²) in [7, 11) is -3.27. The minimum absolute atomic E-state index is 0.169. The first-order valence-electron chi connectivity index (χ1n) is 6.84. The lowest BCUT2D eigenvalue weighted by atomic mass is 10.1. The molecule has 1 fully saturated rings. The number of sulfonamides is 1. The Hall–Kier alpha value is -0.210. The molecule has 0 aromatic carbocycles. The molecule has 19 heavy (non-hydrogen) atoms. The second-order valence-corrected chi connectivity index (χ2v) is 8.01. The van der Waals surface area contributed by atoms with Gasteiger partial charge in [-0.1, -0.05) is 6.92 Å². The van der Waals surface area contributed by atoms with Crippen LogP contribution in [0, 0.1) is 0 Å². The van der Waals surface area contributed by atoms with E-state index < -0.39 is 20.9 Å². The van der Waals surface area contributed by atoms with Crippen LogP contribution in [0.25, 0.3) is 0 Å². The van der Waals surface area contributed by atoms with Crippen molar-refractivity contribution in [2.24, 2.45) is 5.73 Å². The van der Waals surface area contributed by atoms with Crippen molar-refractivity contribution in [3.05, 3.63) is 0 Å². The second-order valence-electron chi connectivity index (χ2n) is 5.80. The predicted octanol–water partition coefficient (Wildman–Crippen LogP) is -0.558. The highest BCUT2D eigenvalue weighted by Crippen LogP contribution is 2.16. The molecule has 0 aromatic rings. The van der Waals surface area contributed by atoms with Crippen molar-refractivity contribution in [3.63, 3.8) is 0 Å². The standard InChI is InChI=1S/C12H27N3O3S/c1-4-11(9-13)19(17,18)15-7-5-14(6-8-15)10-12(2,3)16/h11,16H,4-10,13H2,1-3H3. The van der Waals surface area contributed by atoms with Gasteiger partial charge >= 0.3 is 0 Å². The van der Waals surface area contributed by atoms with Gasteiger partial charge in [-0.15, -0.1) is 0 Å². The summed E-state index contributed by atoms with van der Waals surface area (Å²) >= 11 is 0. The fourth-order valence-corrected chi connectivity index (χ4v) is 4.16. The van der Waals surface area contributed by atoms with Gasteiger partial charge in [0.05, 0.1) is 10.9 Å². The van der Waals surface area contributed by atoms with Crippen LogP contribution in [0.1, 0.15) is 27.2 Å². The van der Waals surface area contributed by atoms with Crippen molar-refractivity contribution in [3.8, 4) is 0 Å². The van der Waals surface area contributed by atoms with E-state index >= 15 is 0 Å². The summed E-state index contributed by atoms with van der Waals surface area (Å²) in [5.74, 6) is 0. The van der Waals surface area contributed by atoms with Gasteiger partial charge < -0.3 is 10.8 Å². The lowest BCUT2D eigenvalue weighted by Crippen LogP contribution is -2.54. The summed E-state index contributed by atoms with van der Waals surface area (Å²) in [4.78, 5) is 2.09. The van der Waals surface area contributed by atoms with E-state index in [9.17, 15) is 13.5 Å². The molecule has 1 unspecified atom stereocenters. The molecular formula is C12H27N3O3S. The molecule has 0 aliphatic carbocycles. The van der Waals surface area contributed by atoms with Crippen molar-refractivity contribution >= 4 is 10.0 Å². The Balaban J connectivity index is 2.58. The zero-order chi connectivity index (χ0) is 14.7. The van der Waals surface area contributed by atoms with Gasteiger partial charge in [0.25, 0.3) is 0 Å². The van der Waals surface area contributed by atoms with Crippen LogP contribution in [-0.2, 0) is 10.0 Å². The monoisotopic (exact) mass is 293 g/mol. The van der Waals surface area contributed by atoms with Crippen LogP contribution in [0.3, 0.4) is 0 Å². The molecule has 3 N–H and O–H groups in total. The maximum absolute atomic E-state index is 12.3. The van der Waals surface area contributed by atoms with Gasteiger partial charge in [0, 0.05) is 39.3 Å². The number of hydrogen-bond donors (Lipinski definition) is 2. The minimum atomic E-state index is -3.27. The van der Waals surface area contributed by atoms with E-state index in [2.05, 4.69) is 4.90 Å². The fourth-order valence-electron chi connectivity index (χ4n) is 2.40. The van der Waals surface area contributed by atoms with Gasteiger partial charge in [-0.2, -0.15) is 4.31 Å². The summed E-state index contributed by atoms with van der Waals surface area (Å²) in [5, 5.41) is 9.29. The van der Waals surface area contributed by atoms with Crippen molar-refractivity contribution in [1.29, 1.82) is 0 Å². The number of nitrogens with two attached hydrogens (primary N) is 1. The van der Waals surface area contributed by atoms with E-state index in [1.54, 1.807) is 13.8 Å². The summed E-state index contributed by atoms with van der Waals surface area (Å²) in [5.41, 5.74) is 4.79. The minimum Gasteiger partial charge on any atom is -0.389 e. The maximum Gasteiger partial charge on any atom is 0.218 e. The first kappa shape index (κ1) is 16.8. The Kier molecular flexibility index (Phi) is 5.76. The van der Waals surface area contributed by atoms with Crippen LogP contribution < -0.4 is 5.73 Å². The number of rotatable bonds is 6. The Morgan fingerprint density at radius 1 is 1.26 bits per heavy atom. The lowest BCUT2D eigenvalue weighted by Gasteiger charge is -2.37. The van der Waals surface area contributed by atoms with E-state index in [4.69, 9.17) is 5.73 Å². The summed E-state index contributed by atoms with van der Waals surface area (Å²) in [6, 6.07) is 0. The summed E-state index contributed by atoms with van der Waals surface area (Å²) < 4.78 is 26.2. The average Bonchev–Trinajstić information content (AvgIpc) is 2.28. The van der Waals surface area contributed by atoms with E-state index in [-0.39, 0.29) is 6.54 Å². The molecule has 0 aromatic heterocycles. The molecule has 7 heteroatoms. The van der Waals surface area contributed by atoms with Crippen LogP contribution in [0.4, 0.5) is 0 Å². The first-order chi connectivity index (χ1) is 8.70. The molecule has 1 atom stereocenters. The molecule has 0 spiro atoms. The van der Waals surface area contributed by atoms with Gasteiger partial charge in [-0.25, -0.2) is 8.42 Å². The van der Waals surface area contributed by atoms with Crippen molar-refractivity contribution in [2.45, 2.75) is 38.0 Å². The normalized spacial score (nSPS) is 21.5. The van der Waals surface area contributed by atoms with Crippen molar-refractivity contribution in [2.75, 3.05) is 39.3 Å². The van der Waals surface area contributed by atoms with E-state index in [0.717, 1.165) is 0 Å². The Labute approximate surface area is 116 Å². The van der Waals surface area contributed by atoms with Gasteiger partial charge in [-0.05, 0) is 20.3 Å². The molecule has 0 radical (unpaired) electrons. The van der Waals surface area contributed by atoms with Crippen LogP contribution in [0.5, 0.6) is 0 Å². The molecule has 6 nitrogen and oxygen atoms in total. The molecule has 1 heterocycles.